The standard InChI is InChI=1S/C10H19NO2/c1-7(2)10(3)6-11-5-8(10)9(12)13-4/h7-8,11H,5-6H2,1-4H3. The van der Waals surface area contributed by atoms with E-state index in [9.17, 15) is 4.79 Å². The first kappa shape index (κ1) is 10.5. The second-order valence-electron chi connectivity index (χ2n) is 4.37. The molecule has 0 aliphatic carbocycles. The third kappa shape index (κ3) is 1.70. The lowest BCUT2D eigenvalue weighted by molar-refractivity contribution is -0.149. The molecule has 0 saturated carbocycles. The average Bonchev–Trinajstić information content (AvgIpc) is 2.47. The molecule has 1 heterocycles. The first-order valence-corrected chi connectivity index (χ1v) is 4.81. The van der Waals surface area contributed by atoms with Crippen LogP contribution in [0.1, 0.15) is 20.8 Å². The summed E-state index contributed by atoms with van der Waals surface area (Å²) in [7, 11) is 1.46. The Morgan fingerprint density at radius 1 is 1.62 bits per heavy atom. The number of carbonyl (C=O) groups is 1. The van der Waals surface area contributed by atoms with E-state index >= 15 is 0 Å². The van der Waals surface area contributed by atoms with Gasteiger partial charge < -0.3 is 10.1 Å². The van der Waals surface area contributed by atoms with Gasteiger partial charge in [-0.2, -0.15) is 0 Å². The Morgan fingerprint density at radius 2 is 2.23 bits per heavy atom. The molecule has 0 bridgehead atoms. The fraction of sp³-hybridized carbons (Fsp3) is 0.900. The molecule has 0 aromatic rings. The Hall–Kier alpha value is -0.570. The molecule has 1 aliphatic heterocycles. The molecule has 1 aliphatic rings. The molecule has 1 saturated heterocycles. The van der Waals surface area contributed by atoms with Crippen LogP contribution in [-0.4, -0.2) is 26.2 Å². The molecular formula is C10H19NO2. The first-order chi connectivity index (χ1) is 6.02. The predicted molar refractivity (Wildman–Crippen MR) is 51.3 cm³/mol. The van der Waals surface area contributed by atoms with Crippen molar-refractivity contribution in [2.45, 2.75) is 20.8 Å². The second-order valence-corrected chi connectivity index (χ2v) is 4.37. The van der Waals surface area contributed by atoms with Crippen molar-refractivity contribution in [3.05, 3.63) is 0 Å². The largest absolute Gasteiger partial charge is 0.469 e. The summed E-state index contributed by atoms with van der Waals surface area (Å²) in [5.74, 6) is 0.422. The maximum Gasteiger partial charge on any atom is 0.310 e. The van der Waals surface area contributed by atoms with Crippen molar-refractivity contribution in [3.63, 3.8) is 0 Å². The molecule has 76 valence electrons. The molecule has 1 fully saturated rings. The maximum atomic E-state index is 11.5. The average molecular weight is 185 g/mol. The van der Waals surface area contributed by atoms with Crippen LogP contribution in [0.5, 0.6) is 0 Å². The van der Waals surface area contributed by atoms with Gasteiger partial charge in [0.25, 0.3) is 0 Å². The van der Waals surface area contributed by atoms with Crippen molar-refractivity contribution in [2.75, 3.05) is 20.2 Å². The van der Waals surface area contributed by atoms with Crippen LogP contribution in [0.25, 0.3) is 0 Å². The van der Waals surface area contributed by atoms with Crippen LogP contribution in [-0.2, 0) is 9.53 Å². The Labute approximate surface area is 79.8 Å². The third-order valence-corrected chi connectivity index (χ3v) is 3.46. The van der Waals surface area contributed by atoms with E-state index in [4.69, 9.17) is 4.74 Å². The number of rotatable bonds is 2. The minimum Gasteiger partial charge on any atom is -0.469 e. The molecule has 3 heteroatoms. The second kappa shape index (κ2) is 3.66. The number of hydrogen-bond acceptors (Lipinski definition) is 3. The Kier molecular flexibility index (Phi) is 2.96. The molecule has 0 aromatic carbocycles. The first-order valence-electron chi connectivity index (χ1n) is 4.81. The number of ether oxygens (including phenoxy) is 1. The zero-order valence-corrected chi connectivity index (χ0v) is 8.89. The molecule has 1 rings (SSSR count). The van der Waals surface area contributed by atoms with Gasteiger partial charge in [0.15, 0.2) is 0 Å². The van der Waals surface area contributed by atoms with Gasteiger partial charge in [-0.3, -0.25) is 4.79 Å². The van der Waals surface area contributed by atoms with Gasteiger partial charge >= 0.3 is 5.97 Å². The van der Waals surface area contributed by atoms with Gasteiger partial charge in [-0.25, -0.2) is 0 Å². The summed E-state index contributed by atoms with van der Waals surface area (Å²) in [5.41, 5.74) is 0.0487. The molecular weight excluding hydrogens is 166 g/mol. The van der Waals surface area contributed by atoms with E-state index in [1.165, 1.54) is 7.11 Å². The van der Waals surface area contributed by atoms with Crippen LogP contribution in [0.15, 0.2) is 0 Å². The van der Waals surface area contributed by atoms with E-state index in [-0.39, 0.29) is 17.3 Å². The van der Waals surface area contributed by atoms with Crippen LogP contribution in [0.4, 0.5) is 0 Å². The monoisotopic (exact) mass is 185 g/mol. The van der Waals surface area contributed by atoms with Crippen LogP contribution < -0.4 is 5.32 Å². The summed E-state index contributed by atoms with van der Waals surface area (Å²) in [6, 6.07) is 0. The van der Waals surface area contributed by atoms with Crippen molar-refractivity contribution >= 4 is 5.97 Å². The van der Waals surface area contributed by atoms with E-state index in [1.807, 2.05) is 0 Å². The van der Waals surface area contributed by atoms with Crippen molar-refractivity contribution in [1.82, 2.24) is 5.32 Å². The zero-order chi connectivity index (χ0) is 10.1. The van der Waals surface area contributed by atoms with Crippen molar-refractivity contribution in [3.8, 4) is 0 Å². The molecule has 0 amide bonds. The number of carbonyl (C=O) groups excluding carboxylic acids is 1. The highest BCUT2D eigenvalue weighted by molar-refractivity contribution is 5.74. The Balaban J connectivity index is 2.79. The summed E-state index contributed by atoms with van der Waals surface area (Å²) in [5, 5.41) is 3.26. The summed E-state index contributed by atoms with van der Waals surface area (Å²) < 4.78 is 4.80. The van der Waals surface area contributed by atoms with Crippen LogP contribution in [0, 0.1) is 17.3 Å². The SMILES string of the molecule is COC(=O)C1CNCC1(C)C(C)C. The van der Waals surface area contributed by atoms with E-state index in [0.717, 1.165) is 13.1 Å². The van der Waals surface area contributed by atoms with Gasteiger partial charge in [-0.05, 0) is 11.3 Å². The third-order valence-electron chi connectivity index (χ3n) is 3.46. The van der Waals surface area contributed by atoms with E-state index in [2.05, 4.69) is 26.1 Å². The summed E-state index contributed by atoms with van der Waals surface area (Å²) >= 11 is 0. The van der Waals surface area contributed by atoms with Crippen molar-refractivity contribution in [2.24, 2.45) is 17.3 Å². The Morgan fingerprint density at radius 3 is 2.69 bits per heavy atom. The van der Waals surface area contributed by atoms with Gasteiger partial charge in [0, 0.05) is 13.1 Å². The van der Waals surface area contributed by atoms with Crippen molar-refractivity contribution < 1.29 is 9.53 Å². The molecule has 2 unspecified atom stereocenters. The highest BCUT2D eigenvalue weighted by Gasteiger charge is 2.45. The van der Waals surface area contributed by atoms with Gasteiger partial charge in [0.2, 0.25) is 0 Å². The number of esters is 1. The van der Waals surface area contributed by atoms with E-state index in [0.29, 0.717) is 5.92 Å². The highest BCUT2D eigenvalue weighted by Crippen LogP contribution is 2.38. The molecule has 0 radical (unpaired) electrons. The summed E-state index contributed by atoms with van der Waals surface area (Å²) in [6.07, 6.45) is 0. The van der Waals surface area contributed by atoms with Gasteiger partial charge in [0.1, 0.15) is 0 Å². The van der Waals surface area contributed by atoms with Gasteiger partial charge in [-0.15, -0.1) is 0 Å². The number of hydrogen-bond donors (Lipinski definition) is 1. The van der Waals surface area contributed by atoms with E-state index < -0.39 is 0 Å². The maximum absolute atomic E-state index is 11.5. The molecule has 3 nitrogen and oxygen atoms in total. The lowest BCUT2D eigenvalue weighted by atomic mass is 9.71. The molecule has 1 N–H and O–H groups in total. The molecule has 0 spiro atoms. The lowest BCUT2D eigenvalue weighted by Gasteiger charge is -2.32. The quantitative estimate of drug-likeness (QED) is 0.653. The highest BCUT2D eigenvalue weighted by atomic mass is 16.5. The zero-order valence-electron chi connectivity index (χ0n) is 8.89. The van der Waals surface area contributed by atoms with Crippen LogP contribution in [0.3, 0.4) is 0 Å². The minimum atomic E-state index is -0.0822. The minimum absolute atomic E-state index is 0.0116. The molecule has 0 aromatic heterocycles. The fourth-order valence-electron chi connectivity index (χ4n) is 1.94. The Bertz CT molecular complexity index is 203. The fourth-order valence-corrected chi connectivity index (χ4v) is 1.94. The normalized spacial score (nSPS) is 33.8. The van der Waals surface area contributed by atoms with Crippen LogP contribution in [0.2, 0.25) is 0 Å². The van der Waals surface area contributed by atoms with Gasteiger partial charge in [0.05, 0.1) is 13.0 Å². The summed E-state index contributed by atoms with van der Waals surface area (Å²) in [6.45, 7) is 8.12. The lowest BCUT2D eigenvalue weighted by Crippen LogP contribution is -2.37. The number of nitrogens with one attached hydrogen (secondary N) is 1. The van der Waals surface area contributed by atoms with Crippen LogP contribution >= 0.6 is 0 Å². The molecule has 2 atom stereocenters. The van der Waals surface area contributed by atoms with Crippen molar-refractivity contribution in [1.29, 1.82) is 0 Å². The predicted octanol–water partition coefficient (Wildman–Crippen LogP) is 1.04. The van der Waals surface area contributed by atoms with E-state index in [1.54, 1.807) is 0 Å². The van der Waals surface area contributed by atoms with Gasteiger partial charge in [-0.1, -0.05) is 20.8 Å². The smallest absolute Gasteiger partial charge is 0.310 e. The number of methoxy groups -OCH3 is 1. The summed E-state index contributed by atoms with van der Waals surface area (Å²) in [4.78, 5) is 11.5. The molecule has 13 heavy (non-hydrogen) atoms. The topological polar surface area (TPSA) is 38.3 Å².